The van der Waals surface area contributed by atoms with Gasteiger partial charge in [0.2, 0.25) is 0 Å². The Bertz CT molecular complexity index is 672. The summed E-state index contributed by atoms with van der Waals surface area (Å²) in [5, 5.41) is 12.8. The molecule has 24 heavy (non-hydrogen) atoms. The molecular weight excluding hydrogens is 300 g/mol. The standard InChI is InChI=1S/C20H24N2O2/c23-19(17-8-2-1-3-9-17)20(24)21-12-6-13-22-14-11-16-7-4-5-10-18(16)15-22/h1-5,7-10,19,23H,6,11-15H2,(H,21,24). The lowest BCUT2D eigenvalue weighted by Gasteiger charge is -2.28. The van der Waals surface area contributed by atoms with Crippen LogP contribution in [0.15, 0.2) is 54.6 Å². The van der Waals surface area contributed by atoms with Gasteiger partial charge in [-0.25, -0.2) is 0 Å². The summed E-state index contributed by atoms with van der Waals surface area (Å²) in [6.45, 7) is 3.59. The lowest BCUT2D eigenvalue weighted by atomic mass is 10.00. The summed E-state index contributed by atoms with van der Waals surface area (Å²) in [5.41, 5.74) is 3.49. The number of carbonyl (C=O) groups is 1. The molecule has 0 aliphatic carbocycles. The average Bonchev–Trinajstić information content (AvgIpc) is 2.65. The third-order valence-corrected chi connectivity index (χ3v) is 4.52. The van der Waals surface area contributed by atoms with Crippen molar-refractivity contribution in [1.29, 1.82) is 0 Å². The van der Waals surface area contributed by atoms with Crippen LogP contribution in [0.25, 0.3) is 0 Å². The number of hydrogen-bond acceptors (Lipinski definition) is 3. The van der Waals surface area contributed by atoms with Gasteiger partial charge in [0, 0.05) is 26.2 Å². The van der Waals surface area contributed by atoms with Gasteiger partial charge < -0.3 is 10.4 Å². The van der Waals surface area contributed by atoms with Crippen molar-refractivity contribution in [3.63, 3.8) is 0 Å². The fraction of sp³-hybridized carbons (Fsp3) is 0.350. The third-order valence-electron chi connectivity index (χ3n) is 4.52. The van der Waals surface area contributed by atoms with E-state index in [4.69, 9.17) is 0 Å². The minimum atomic E-state index is -1.09. The first-order valence-corrected chi connectivity index (χ1v) is 8.54. The second-order valence-electron chi connectivity index (χ2n) is 6.25. The van der Waals surface area contributed by atoms with Crippen LogP contribution in [0.5, 0.6) is 0 Å². The minimum absolute atomic E-state index is 0.329. The van der Waals surface area contributed by atoms with Gasteiger partial charge >= 0.3 is 0 Å². The lowest BCUT2D eigenvalue weighted by Crippen LogP contribution is -2.35. The molecular formula is C20H24N2O2. The van der Waals surface area contributed by atoms with E-state index in [0.29, 0.717) is 12.1 Å². The number of nitrogens with zero attached hydrogens (tertiary/aromatic N) is 1. The fourth-order valence-electron chi connectivity index (χ4n) is 3.14. The number of nitrogens with one attached hydrogen (secondary N) is 1. The molecule has 1 amide bonds. The van der Waals surface area contributed by atoms with Crippen LogP contribution >= 0.6 is 0 Å². The summed E-state index contributed by atoms with van der Waals surface area (Å²) >= 11 is 0. The molecule has 1 atom stereocenters. The van der Waals surface area contributed by atoms with Gasteiger partial charge in [0.25, 0.3) is 5.91 Å². The molecule has 3 rings (SSSR count). The predicted molar refractivity (Wildman–Crippen MR) is 94.5 cm³/mol. The molecule has 1 heterocycles. The summed E-state index contributed by atoms with van der Waals surface area (Å²) in [6, 6.07) is 17.6. The van der Waals surface area contributed by atoms with Crippen molar-refractivity contribution in [2.75, 3.05) is 19.6 Å². The molecule has 126 valence electrons. The summed E-state index contributed by atoms with van der Waals surface area (Å²) < 4.78 is 0. The molecule has 0 aromatic heterocycles. The Kier molecular flexibility index (Phi) is 5.62. The van der Waals surface area contributed by atoms with Crippen molar-refractivity contribution in [1.82, 2.24) is 10.2 Å². The maximum absolute atomic E-state index is 12.0. The minimum Gasteiger partial charge on any atom is -0.378 e. The van der Waals surface area contributed by atoms with Crippen LogP contribution in [0.2, 0.25) is 0 Å². The zero-order chi connectivity index (χ0) is 16.8. The van der Waals surface area contributed by atoms with Crippen LogP contribution in [-0.2, 0) is 17.8 Å². The highest BCUT2D eigenvalue weighted by molar-refractivity contribution is 5.81. The largest absolute Gasteiger partial charge is 0.378 e. The Morgan fingerprint density at radius 1 is 1.08 bits per heavy atom. The monoisotopic (exact) mass is 324 g/mol. The van der Waals surface area contributed by atoms with Crippen LogP contribution in [0.4, 0.5) is 0 Å². The first-order chi connectivity index (χ1) is 11.7. The van der Waals surface area contributed by atoms with E-state index in [9.17, 15) is 9.90 Å². The van der Waals surface area contributed by atoms with Crippen LogP contribution in [0, 0.1) is 0 Å². The summed E-state index contributed by atoms with van der Waals surface area (Å²) in [7, 11) is 0. The predicted octanol–water partition coefficient (Wildman–Crippen LogP) is 2.28. The summed E-state index contributed by atoms with van der Waals surface area (Å²) in [4.78, 5) is 14.4. The number of aliphatic hydroxyl groups is 1. The number of rotatable bonds is 6. The van der Waals surface area contributed by atoms with Gasteiger partial charge in [-0.05, 0) is 29.5 Å². The van der Waals surface area contributed by atoms with E-state index >= 15 is 0 Å². The first kappa shape index (κ1) is 16.7. The summed E-state index contributed by atoms with van der Waals surface area (Å²) in [5.74, 6) is -0.329. The molecule has 4 heteroatoms. The maximum Gasteiger partial charge on any atom is 0.253 e. The molecule has 2 aromatic carbocycles. The van der Waals surface area contributed by atoms with E-state index in [1.807, 2.05) is 18.2 Å². The van der Waals surface area contributed by atoms with Gasteiger partial charge in [-0.1, -0.05) is 54.6 Å². The van der Waals surface area contributed by atoms with E-state index < -0.39 is 6.10 Å². The lowest BCUT2D eigenvalue weighted by molar-refractivity contribution is -0.129. The third kappa shape index (κ3) is 4.22. The van der Waals surface area contributed by atoms with E-state index in [-0.39, 0.29) is 5.91 Å². The Morgan fingerprint density at radius 2 is 1.79 bits per heavy atom. The van der Waals surface area contributed by atoms with Crippen molar-refractivity contribution in [3.05, 3.63) is 71.3 Å². The SMILES string of the molecule is O=C(NCCCN1CCc2ccccc2C1)C(O)c1ccccc1. The molecule has 2 aromatic rings. The fourth-order valence-corrected chi connectivity index (χ4v) is 3.14. The topological polar surface area (TPSA) is 52.6 Å². The molecule has 2 N–H and O–H groups in total. The van der Waals surface area contributed by atoms with Gasteiger partial charge in [-0.15, -0.1) is 0 Å². The first-order valence-electron chi connectivity index (χ1n) is 8.54. The number of amides is 1. The molecule has 1 aliphatic heterocycles. The molecule has 0 spiro atoms. The summed E-state index contributed by atoms with van der Waals surface area (Å²) in [6.07, 6.45) is 0.887. The highest BCUT2D eigenvalue weighted by Gasteiger charge is 2.17. The zero-order valence-electron chi connectivity index (χ0n) is 13.8. The number of hydrogen-bond donors (Lipinski definition) is 2. The molecule has 1 unspecified atom stereocenters. The normalized spacial score (nSPS) is 15.5. The van der Waals surface area contributed by atoms with Crippen molar-refractivity contribution in [2.45, 2.75) is 25.5 Å². The highest BCUT2D eigenvalue weighted by Crippen LogP contribution is 2.18. The Balaban J connectivity index is 1.39. The number of benzene rings is 2. The molecule has 0 bridgehead atoms. The number of fused-ring (bicyclic) bond motifs is 1. The van der Waals surface area contributed by atoms with Gasteiger partial charge in [-0.2, -0.15) is 0 Å². The number of carbonyl (C=O) groups excluding carboxylic acids is 1. The Morgan fingerprint density at radius 3 is 2.58 bits per heavy atom. The quantitative estimate of drug-likeness (QED) is 0.802. The van der Waals surface area contributed by atoms with Crippen LogP contribution in [0.1, 0.15) is 29.2 Å². The van der Waals surface area contributed by atoms with Gasteiger partial charge in [0.05, 0.1) is 0 Å². The van der Waals surface area contributed by atoms with Crippen LogP contribution in [-0.4, -0.2) is 35.5 Å². The molecule has 0 saturated carbocycles. The smallest absolute Gasteiger partial charge is 0.253 e. The second kappa shape index (κ2) is 8.08. The van der Waals surface area contributed by atoms with Crippen molar-refractivity contribution in [2.24, 2.45) is 0 Å². The van der Waals surface area contributed by atoms with E-state index in [1.54, 1.807) is 12.1 Å². The van der Waals surface area contributed by atoms with Crippen molar-refractivity contribution in [3.8, 4) is 0 Å². The highest BCUT2D eigenvalue weighted by atomic mass is 16.3. The zero-order valence-corrected chi connectivity index (χ0v) is 13.8. The Hall–Kier alpha value is -2.17. The van der Waals surface area contributed by atoms with Crippen molar-refractivity contribution < 1.29 is 9.90 Å². The van der Waals surface area contributed by atoms with Gasteiger partial charge in [0.1, 0.15) is 0 Å². The molecule has 1 aliphatic rings. The van der Waals surface area contributed by atoms with Crippen LogP contribution < -0.4 is 5.32 Å². The molecule has 4 nitrogen and oxygen atoms in total. The molecule has 0 fully saturated rings. The second-order valence-corrected chi connectivity index (χ2v) is 6.25. The molecule has 0 saturated heterocycles. The van der Waals surface area contributed by atoms with E-state index in [2.05, 4.69) is 34.5 Å². The molecule has 0 radical (unpaired) electrons. The van der Waals surface area contributed by atoms with Gasteiger partial charge in [-0.3, -0.25) is 9.69 Å². The van der Waals surface area contributed by atoms with Crippen molar-refractivity contribution >= 4 is 5.91 Å². The Labute approximate surface area is 143 Å². The number of aliphatic hydroxyl groups excluding tert-OH is 1. The van der Waals surface area contributed by atoms with Gasteiger partial charge in [0.15, 0.2) is 6.10 Å². The maximum atomic E-state index is 12.0. The average molecular weight is 324 g/mol. The van der Waals surface area contributed by atoms with E-state index in [1.165, 1.54) is 11.1 Å². The van der Waals surface area contributed by atoms with Crippen LogP contribution in [0.3, 0.4) is 0 Å². The van der Waals surface area contributed by atoms with E-state index in [0.717, 1.165) is 32.5 Å².